The zero-order valence-corrected chi connectivity index (χ0v) is 20.0. The first kappa shape index (κ1) is 25.2. The molecule has 4 rings (SSSR count). The quantitative estimate of drug-likeness (QED) is 0.664. The Morgan fingerprint density at radius 2 is 1.86 bits per heavy atom. The van der Waals surface area contributed by atoms with E-state index in [1.165, 1.54) is 6.20 Å². The van der Waals surface area contributed by atoms with E-state index in [9.17, 15) is 27.9 Å². The number of piperazine rings is 1. The number of aromatic nitrogens is 3. The highest BCUT2D eigenvalue weighted by molar-refractivity contribution is 5.80. The number of alkyl halides is 3. The molecule has 1 atom stereocenters. The Morgan fingerprint density at radius 3 is 2.43 bits per heavy atom. The maximum Gasteiger partial charge on any atom is 0.421 e. The SMILES string of the molecule is C[C@@H]1CN(c2ncc(C(C)(C)O)cn2)CCN1C(=O)C1CC(Cc2c[nH]c(=O)c(C(F)(F)F)c2)C1. The number of rotatable bonds is 5. The average Bonchev–Trinajstić information content (AvgIpc) is 2.75. The van der Waals surface area contributed by atoms with E-state index in [2.05, 4.69) is 15.0 Å². The molecular weight excluding hydrogens is 463 g/mol. The predicted octanol–water partition coefficient (Wildman–Crippen LogP) is 2.72. The van der Waals surface area contributed by atoms with E-state index in [-0.39, 0.29) is 23.8 Å². The number of nitrogens with zero attached hydrogens (tertiary/aromatic N) is 4. The van der Waals surface area contributed by atoms with Crippen LogP contribution >= 0.6 is 0 Å². The van der Waals surface area contributed by atoms with Crippen LogP contribution in [0.3, 0.4) is 0 Å². The van der Waals surface area contributed by atoms with Gasteiger partial charge in [-0.1, -0.05) is 0 Å². The van der Waals surface area contributed by atoms with Gasteiger partial charge in [-0.15, -0.1) is 0 Å². The number of hydrogen-bond donors (Lipinski definition) is 2. The minimum atomic E-state index is -4.69. The maximum absolute atomic E-state index is 13.1. The normalized spacial score (nSPS) is 23.2. The van der Waals surface area contributed by atoms with E-state index in [1.54, 1.807) is 26.2 Å². The molecular formula is C24H30F3N5O3. The predicted molar refractivity (Wildman–Crippen MR) is 123 cm³/mol. The molecule has 1 aliphatic carbocycles. The van der Waals surface area contributed by atoms with Crippen LogP contribution in [0.4, 0.5) is 19.1 Å². The minimum absolute atomic E-state index is 0.0404. The molecule has 2 fully saturated rings. The van der Waals surface area contributed by atoms with Crippen molar-refractivity contribution in [2.24, 2.45) is 11.8 Å². The van der Waals surface area contributed by atoms with E-state index in [0.29, 0.717) is 56.0 Å². The Bertz CT molecular complexity index is 1120. The van der Waals surface area contributed by atoms with Crippen molar-refractivity contribution < 1.29 is 23.1 Å². The van der Waals surface area contributed by atoms with Crippen LogP contribution in [0.1, 0.15) is 50.3 Å². The summed E-state index contributed by atoms with van der Waals surface area (Å²) >= 11 is 0. The van der Waals surface area contributed by atoms with E-state index in [0.717, 1.165) is 6.07 Å². The minimum Gasteiger partial charge on any atom is -0.386 e. The van der Waals surface area contributed by atoms with Gasteiger partial charge in [0.15, 0.2) is 0 Å². The van der Waals surface area contributed by atoms with Gasteiger partial charge in [0.1, 0.15) is 5.56 Å². The first-order valence-electron chi connectivity index (χ1n) is 11.7. The molecule has 35 heavy (non-hydrogen) atoms. The molecule has 190 valence electrons. The molecule has 0 bridgehead atoms. The Balaban J connectivity index is 1.30. The van der Waals surface area contributed by atoms with Crippen molar-refractivity contribution in [3.05, 3.63) is 51.7 Å². The van der Waals surface area contributed by atoms with Crippen molar-refractivity contribution in [1.29, 1.82) is 0 Å². The number of aromatic amines is 1. The van der Waals surface area contributed by atoms with Gasteiger partial charge in [0.05, 0.1) is 5.60 Å². The van der Waals surface area contributed by atoms with Crippen LogP contribution in [0.25, 0.3) is 0 Å². The summed E-state index contributed by atoms with van der Waals surface area (Å²) in [6.45, 7) is 7.02. The van der Waals surface area contributed by atoms with Gasteiger partial charge in [0.25, 0.3) is 5.56 Å². The molecule has 0 aromatic carbocycles. The highest BCUT2D eigenvalue weighted by Crippen LogP contribution is 2.38. The van der Waals surface area contributed by atoms with Crippen molar-refractivity contribution in [3.8, 4) is 0 Å². The number of anilines is 1. The van der Waals surface area contributed by atoms with Gasteiger partial charge in [-0.3, -0.25) is 9.59 Å². The smallest absolute Gasteiger partial charge is 0.386 e. The number of carbonyl (C=O) groups is 1. The standard InChI is InChI=1S/C24H30F3N5O3/c1-14-13-31(22-29-11-18(12-30-22)23(2,3)35)4-5-32(14)21(34)17-7-15(8-17)6-16-9-19(24(25,26)27)20(33)28-10-16/h9-12,14-15,17,35H,4-8,13H2,1-3H3,(H,28,33)/t14-,15?,17?/m1/s1. The third-order valence-electron chi connectivity index (χ3n) is 6.92. The number of halogens is 3. The topological polar surface area (TPSA) is 102 Å². The lowest BCUT2D eigenvalue weighted by molar-refractivity contribution is -0.142. The van der Waals surface area contributed by atoms with Crippen LogP contribution < -0.4 is 10.5 Å². The first-order chi connectivity index (χ1) is 16.3. The zero-order valence-electron chi connectivity index (χ0n) is 20.0. The lowest BCUT2D eigenvalue weighted by Gasteiger charge is -2.44. The summed E-state index contributed by atoms with van der Waals surface area (Å²) in [4.78, 5) is 39.3. The summed E-state index contributed by atoms with van der Waals surface area (Å²) in [6.07, 6.45) is 1.48. The molecule has 2 N–H and O–H groups in total. The molecule has 1 saturated carbocycles. The van der Waals surface area contributed by atoms with E-state index < -0.39 is 22.9 Å². The summed E-state index contributed by atoms with van der Waals surface area (Å²) < 4.78 is 38.9. The fraction of sp³-hybridized carbons (Fsp3) is 0.583. The number of carbonyl (C=O) groups excluding carboxylic acids is 1. The average molecular weight is 494 g/mol. The van der Waals surface area contributed by atoms with Gasteiger partial charge in [-0.05, 0) is 57.6 Å². The van der Waals surface area contributed by atoms with Crippen LogP contribution in [-0.4, -0.2) is 56.5 Å². The number of H-pyrrole nitrogens is 1. The Kier molecular flexibility index (Phi) is 6.65. The van der Waals surface area contributed by atoms with Crippen molar-refractivity contribution in [1.82, 2.24) is 19.9 Å². The monoisotopic (exact) mass is 493 g/mol. The maximum atomic E-state index is 13.1. The lowest BCUT2D eigenvalue weighted by Crippen LogP contribution is -2.57. The fourth-order valence-corrected chi connectivity index (χ4v) is 4.80. The Morgan fingerprint density at radius 1 is 1.20 bits per heavy atom. The number of amides is 1. The van der Waals surface area contributed by atoms with Gasteiger partial charge in [-0.25, -0.2) is 9.97 Å². The van der Waals surface area contributed by atoms with Gasteiger partial charge in [0, 0.05) is 55.7 Å². The van der Waals surface area contributed by atoms with E-state index in [1.807, 2.05) is 16.7 Å². The highest BCUT2D eigenvalue weighted by Gasteiger charge is 2.40. The highest BCUT2D eigenvalue weighted by atomic mass is 19.4. The fourth-order valence-electron chi connectivity index (χ4n) is 4.80. The van der Waals surface area contributed by atoms with Gasteiger partial charge in [0.2, 0.25) is 11.9 Å². The molecule has 1 aliphatic heterocycles. The van der Waals surface area contributed by atoms with Crippen LogP contribution in [-0.2, 0) is 23.0 Å². The van der Waals surface area contributed by atoms with Crippen molar-refractivity contribution >= 4 is 11.9 Å². The molecule has 1 amide bonds. The summed E-state index contributed by atoms with van der Waals surface area (Å²) in [7, 11) is 0. The van der Waals surface area contributed by atoms with E-state index >= 15 is 0 Å². The number of pyridine rings is 1. The molecule has 1 saturated heterocycles. The molecule has 0 spiro atoms. The third-order valence-corrected chi connectivity index (χ3v) is 6.92. The lowest BCUT2D eigenvalue weighted by atomic mass is 9.71. The Labute approximate surface area is 201 Å². The second-order valence-corrected chi connectivity index (χ2v) is 10.1. The molecule has 3 heterocycles. The molecule has 2 aromatic rings. The molecule has 0 radical (unpaired) electrons. The first-order valence-corrected chi connectivity index (χ1v) is 11.7. The van der Waals surface area contributed by atoms with E-state index in [4.69, 9.17) is 0 Å². The molecule has 2 aliphatic rings. The second-order valence-electron chi connectivity index (χ2n) is 10.1. The van der Waals surface area contributed by atoms with Gasteiger partial charge >= 0.3 is 6.18 Å². The summed E-state index contributed by atoms with van der Waals surface area (Å²) in [5.41, 5.74) is -2.30. The summed E-state index contributed by atoms with van der Waals surface area (Å²) in [6, 6.07) is 0.868. The van der Waals surface area contributed by atoms with Crippen molar-refractivity contribution in [3.63, 3.8) is 0 Å². The van der Waals surface area contributed by atoms with Crippen LogP contribution in [0.5, 0.6) is 0 Å². The third kappa shape index (κ3) is 5.50. The summed E-state index contributed by atoms with van der Waals surface area (Å²) in [5, 5.41) is 10.1. The Hall–Kier alpha value is -2.95. The second kappa shape index (κ2) is 9.25. The van der Waals surface area contributed by atoms with Gasteiger partial charge in [-0.2, -0.15) is 13.2 Å². The number of hydrogen-bond acceptors (Lipinski definition) is 6. The number of nitrogens with one attached hydrogen (secondary N) is 1. The van der Waals surface area contributed by atoms with Crippen LogP contribution in [0.2, 0.25) is 0 Å². The van der Waals surface area contributed by atoms with Crippen LogP contribution in [0, 0.1) is 11.8 Å². The largest absolute Gasteiger partial charge is 0.421 e. The number of aliphatic hydroxyl groups is 1. The molecule has 0 unspecified atom stereocenters. The summed E-state index contributed by atoms with van der Waals surface area (Å²) in [5.74, 6) is 0.598. The van der Waals surface area contributed by atoms with Crippen molar-refractivity contribution in [2.45, 2.75) is 57.9 Å². The van der Waals surface area contributed by atoms with Gasteiger partial charge < -0.3 is 19.9 Å². The molecule has 11 heteroatoms. The molecule has 2 aromatic heterocycles. The molecule has 8 nitrogen and oxygen atoms in total. The zero-order chi connectivity index (χ0) is 25.5. The van der Waals surface area contributed by atoms with Crippen LogP contribution in [0.15, 0.2) is 29.5 Å². The van der Waals surface area contributed by atoms with Crippen molar-refractivity contribution in [2.75, 3.05) is 24.5 Å².